The van der Waals surface area contributed by atoms with Crippen LogP contribution in [0.2, 0.25) is 0 Å². The van der Waals surface area contributed by atoms with E-state index in [2.05, 4.69) is 4.74 Å². The van der Waals surface area contributed by atoms with Crippen LogP contribution in [0.3, 0.4) is 0 Å². The number of ether oxygens (including phenoxy) is 3. The van der Waals surface area contributed by atoms with E-state index in [1.165, 1.54) is 24.3 Å². The topological polar surface area (TPSA) is 96.8 Å². The largest absolute Gasteiger partial charge is 0.490 e. The summed E-state index contributed by atoms with van der Waals surface area (Å²) >= 11 is 0. The summed E-state index contributed by atoms with van der Waals surface area (Å²) in [5.41, 5.74) is 13.3. The number of alkyl halides is 5. The summed E-state index contributed by atoms with van der Waals surface area (Å²) in [6.07, 6.45) is 1.40. The number of carbonyl (C=O) groups excluding carboxylic acids is 1. The van der Waals surface area contributed by atoms with Crippen molar-refractivity contribution >= 4 is 23.4 Å². The van der Waals surface area contributed by atoms with Crippen LogP contribution in [0.15, 0.2) is 60.7 Å². The van der Waals surface area contributed by atoms with Crippen molar-refractivity contribution in [3.63, 3.8) is 0 Å². The van der Waals surface area contributed by atoms with Crippen molar-refractivity contribution in [1.82, 2.24) is 0 Å². The molecule has 13 heteroatoms. The minimum atomic E-state index is -4.45. The second kappa shape index (κ2) is 18.9. The van der Waals surface area contributed by atoms with E-state index in [1.807, 2.05) is 12.1 Å². The van der Waals surface area contributed by atoms with Gasteiger partial charge in [0.1, 0.15) is 11.3 Å². The number of hydrogen-bond acceptors (Lipinski definition) is 6. The Kier molecular flexibility index (Phi) is 15.1. The zero-order chi connectivity index (χ0) is 35.9. The molecule has 0 aromatic heterocycles. The summed E-state index contributed by atoms with van der Waals surface area (Å²) in [4.78, 5) is 12.0. The Labute approximate surface area is 281 Å². The third-order valence-corrected chi connectivity index (χ3v) is 7.52. The van der Waals surface area contributed by atoms with Gasteiger partial charge in [0, 0.05) is 23.9 Å². The third-order valence-electron chi connectivity index (χ3n) is 7.52. The predicted molar refractivity (Wildman–Crippen MR) is 174 cm³/mol. The molecule has 0 amide bonds. The van der Waals surface area contributed by atoms with Gasteiger partial charge in [-0.2, -0.15) is 26.3 Å². The highest BCUT2D eigenvalue weighted by molar-refractivity contribution is 5.87. The van der Waals surface area contributed by atoms with Gasteiger partial charge in [-0.05, 0) is 79.3 Å². The molecular formula is C36H41F7N2O4. The smallest absolute Gasteiger partial charge is 0.429 e. The first-order valence-corrected chi connectivity index (χ1v) is 16.1. The second-order valence-electron chi connectivity index (χ2n) is 11.5. The molecule has 0 saturated carbocycles. The molecule has 3 aromatic carbocycles. The van der Waals surface area contributed by atoms with Crippen molar-refractivity contribution < 1.29 is 49.7 Å². The van der Waals surface area contributed by atoms with Crippen LogP contribution >= 0.6 is 0 Å². The summed E-state index contributed by atoms with van der Waals surface area (Å²) in [7, 11) is 0. The average molecular weight is 699 g/mol. The minimum absolute atomic E-state index is 0.274. The molecule has 0 bridgehead atoms. The summed E-state index contributed by atoms with van der Waals surface area (Å²) in [6, 6.07) is 11.9. The molecule has 0 heterocycles. The molecule has 0 radical (unpaired) electrons. The van der Waals surface area contributed by atoms with E-state index in [4.69, 9.17) is 20.9 Å². The maximum absolute atomic E-state index is 14.7. The predicted octanol–water partition coefficient (Wildman–Crippen LogP) is 9.90. The molecule has 0 aliphatic carbocycles. The highest BCUT2D eigenvalue weighted by atomic mass is 19.4. The molecule has 3 aromatic rings. The highest BCUT2D eigenvalue weighted by Gasteiger charge is 2.39. The van der Waals surface area contributed by atoms with E-state index in [9.17, 15) is 35.5 Å². The summed E-state index contributed by atoms with van der Waals surface area (Å²) in [6.45, 7) is -0.317. The molecule has 6 nitrogen and oxygen atoms in total. The number of hydrogen-bond donors (Lipinski definition) is 2. The number of nitrogens with two attached hydrogens (primary N) is 2. The second-order valence-corrected chi connectivity index (χ2v) is 11.5. The molecule has 0 spiro atoms. The lowest BCUT2D eigenvalue weighted by Crippen LogP contribution is -2.24. The lowest BCUT2D eigenvalue weighted by Gasteiger charge is -2.20. The van der Waals surface area contributed by atoms with Crippen molar-refractivity contribution in [2.45, 2.75) is 82.9 Å². The van der Waals surface area contributed by atoms with Crippen molar-refractivity contribution in [3.8, 4) is 11.5 Å². The van der Waals surface area contributed by atoms with Crippen molar-refractivity contribution in [1.29, 1.82) is 0 Å². The van der Waals surface area contributed by atoms with Gasteiger partial charge in [0.05, 0.1) is 13.2 Å². The van der Waals surface area contributed by atoms with Gasteiger partial charge in [0.25, 0.3) is 0 Å². The summed E-state index contributed by atoms with van der Waals surface area (Å²) < 4.78 is 109. The fourth-order valence-corrected chi connectivity index (χ4v) is 4.88. The van der Waals surface area contributed by atoms with E-state index in [1.54, 1.807) is 6.07 Å². The van der Waals surface area contributed by atoms with Crippen molar-refractivity contribution in [2.75, 3.05) is 24.7 Å². The van der Waals surface area contributed by atoms with Crippen LogP contribution in [-0.4, -0.2) is 25.4 Å². The molecule has 4 N–H and O–H groups in total. The van der Waals surface area contributed by atoms with Gasteiger partial charge in [0.2, 0.25) is 5.82 Å². The first-order chi connectivity index (χ1) is 23.2. The highest BCUT2D eigenvalue weighted by Crippen LogP contribution is 2.36. The summed E-state index contributed by atoms with van der Waals surface area (Å²) in [5, 5.41) is 0. The number of benzene rings is 3. The van der Waals surface area contributed by atoms with Gasteiger partial charge in [-0.1, -0.05) is 56.7 Å². The molecule has 0 saturated heterocycles. The molecule has 0 aliphatic heterocycles. The van der Waals surface area contributed by atoms with Gasteiger partial charge in [-0.15, -0.1) is 0 Å². The number of rotatable bonds is 20. The Morgan fingerprint density at radius 1 is 0.735 bits per heavy atom. The van der Waals surface area contributed by atoms with Gasteiger partial charge in [0.15, 0.2) is 11.6 Å². The Balaban J connectivity index is 1.31. The lowest BCUT2D eigenvalue weighted by molar-refractivity contribution is -0.187. The number of halogens is 7. The van der Waals surface area contributed by atoms with E-state index < -0.39 is 60.7 Å². The Morgan fingerprint density at radius 3 is 2.04 bits per heavy atom. The number of nitrogen functional groups attached to an aromatic ring is 2. The molecular weight excluding hydrogens is 657 g/mol. The monoisotopic (exact) mass is 698 g/mol. The standard InChI is InChI=1S/C36H41F7N2O4/c37-33-29(18-19-31(34(33)38)47-23-9-21-35(39,40)41)36(42,43)49-28-16-11-25(12-17-28)13-20-32(46)48-22-8-6-4-2-1-3-5-7-10-26-14-15-27(44)24-30(26)45/h11-20,24H,1-10,21-23,44-45H2/b20-13+. The minimum Gasteiger partial charge on any atom is -0.490 e. The molecule has 0 atom stereocenters. The van der Waals surface area contributed by atoms with Crippen LogP contribution in [0.4, 0.5) is 42.1 Å². The number of anilines is 2. The number of unbranched alkanes of at least 4 members (excludes halogenated alkanes) is 7. The van der Waals surface area contributed by atoms with Gasteiger partial charge in [-0.3, -0.25) is 0 Å². The Morgan fingerprint density at radius 2 is 1.39 bits per heavy atom. The maximum Gasteiger partial charge on any atom is 0.429 e. The van der Waals surface area contributed by atoms with Gasteiger partial charge in [-0.25, -0.2) is 9.18 Å². The van der Waals surface area contributed by atoms with Gasteiger partial charge < -0.3 is 25.7 Å². The van der Waals surface area contributed by atoms with Crippen LogP contribution in [0, 0.1) is 11.6 Å². The van der Waals surface area contributed by atoms with Crippen molar-refractivity contribution in [2.24, 2.45) is 0 Å². The zero-order valence-corrected chi connectivity index (χ0v) is 27.0. The average Bonchev–Trinajstić information content (AvgIpc) is 3.03. The normalized spacial score (nSPS) is 12.0. The molecule has 0 unspecified atom stereocenters. The molecule has 0 fully saturated rings. The van der Waals surface area contributed by atoms with E-state index >= 15 is 0 Å². The molecule has 3 rings (SSSR count). The third kappa shape index (κ3) is 13.9. The van der Waals surface area contributed by atoms with Crippen LogP contribution in [-0.2, 0) is 22.1 Å². The SMILES string of the molecule is Nc1ccc(CCCCCCCCCCOC(=O)/C=C/c2ccc(OC(F)(F)c3ccc(OCCCC(F)(F)F)c(F)c3F)cc2)c(N)c1. The Hall–Kier alpha value is -4.42. The lowest BCUT2D eigenvalue weighted by atomic mass is 10.0. The fraction of sp³-hybridized carbons (Fsp3) is 0.417. The van der Waals surface area contributed by atoms with Crippen LogP contribution in [0.25, 0.3) is 6.08 Å². The molecule has 0 aliphatic rings. The summed E-state index contributed by atoms with van der Waals surface area (Å²) in [5.74, 6) is -5.47. The van der Waals surface area contributed by atoms with E-state index in [-0.39, 0.29) is 12.4 Å². The molecule has 49 heavy (non-hydrogen) atoms. The Bertz CT molecular complexity index is 1510. The van der Waals surface area contributed by atoms with E-state index in [0.29, 0.717) is 23.4 Å². The van der Waals surface area contributed by atoms with Crippen LogP contribution in [0.5, 0.6) is 11.5 Å². The number of carbonyl (C=O) groups is 1. The number of aryl methyl sites for hydroxylation is 1. The van der Waals surface area contributed by atoms with Crippen LogP contribution < -0.4 is 20.9 Å². The maximum atomic E-state index is 14.7. The van der Waals surface area contributed by atoms with Crippen LogP contribution in [0.1, 0.15) is 80.9 Å². The molecule has 268 valence electrons. The van der Waals surface area contributed by atoms with Gasteiger partial charge >= 0.3 is 18.3 Å². The quantitative estimate of drug-likeness (QED) is 0.0401. The van der Waals surface area contributed by atoms with E-state index in [0.717, 1.165) is 81.2 Å². The van der Waals surface area contributed by atoms with Crippen molar-refractivity contribution in [3.05, 3.63) is 89.0 Å². The first kappa shape index (κ1) is 39.0. The number of esters is 1. The zero-order valence-electron chi connectivity index (χ0n) is 27.0. The fourth-order valence-electron chi connectivity index (χ4n) is 4.88. The first-order valence-electron chi connectivity index (χ1n) is 16.1.